The highest BCUT2D eigenvalue weighted by molar-refractivity contribution is 6.03. The Hall–Kier alpha value is -2.88. The van der Waals surface area contributed by atoms with Gasteiger partial charge >= 0.3 is 5.97 Å². The van der Waals surface area contributed by atoms with Crippen LogP contribution in [0.5, 0.6) is 11.5 Å². The number of methoxy groups -OCH3 is 1. The van der Waals surface area contributed by atoms with Gasteiger partial charge in [0, 0.05) is 18.4 Å². The monoisotopic (exact) mass is 456 g/mol. The molecule has 2 aliphatic carbocycles. The van der Waals surface area contributed by atoms with Crippen molar-refractivity contribution in [3.05, 3.63) is 46.7 Å². The molecule has 33 heavy (non-hydrogen) atoms. The zero-order chi connectivity index (χ0) is 22.7. The van der Waals surface area contributed by atoms with Crippen molar-refractivity contribution in [2.24, 2.45) is 11.8 Å². The van der Waals surface area contributed by atoms with E-state index in [1.165, 1.54) is 7.11 Å². The molecule has 4 atom stereocenters. The molecule has 9 heteroatoms. The number of allylic oxidation sites excluding steroid dienone is 2. The van der Waals surface area contributed by atoms with Crippen molar-refractivity contribution in [1.29, 1.82) is 0 Å². The normalized spacial score (nSPS) is 31.1. The van der Waals surface area contributed by atoms with Gasteiger partial charge in [0.25, 0.3) is 11.6 Å². The molecule has 1 aromatic carbocycles. The molecule has 2 saturated heterocycles. The summed E-state index contributed by atoms with van der Waals surface area (Å²) in [5.74, 6) is -2.04. The second kappa shape index (κ2) is 7.58. The molecule has 0 bridgehead atoms. The lowest BCUT2D eigenvalue weighted by Gasteiger charge is -2.40. The minimum Gasteiger partial charge on any atom is -0.493 e. The zero-order valence-electron chi connectivity index (χ0n) is 18.3. The van der Waals surface area contributed by atoms with E-state index in [-0.39, 0.29) is 50.4 Å². The van der Waals surface area contributed by atoms with Crippen molar-refractivity contribution >= 4 is 11.8 Å². The molecule has 1 spiro atoms. The van der Waals surface area contributed by atoms with Crippen LogP contribution in [-0.2, 0) is 33.3 Å². The van der Waals surface area contributed by atoms with Gasteiger partial charge in [0.15, 0.2) is 17.3 Å². The third-order valence-electron chi connectivity index (χ3n) is 6.96. The number of hydrogen-bond donors (Lipinski definition) is 0. The standard InChI is InChI=1S/C24H24O9/c1-3-28-21-14-8-17-16(30-11-31-17)7-13(14)19(20-15(21)10-29-23(20)26)12-6-18(27-2)22(25)24(9-12)32-4-5-33-24/h6-9,15,19-21H,3-5,10-11H2,1-2H3/t15-,19+,20-,21+/m0/s1. The van der Waals surface area contributed by atoms with Crippen LogP contribution in [0, 0.1) is 11.8 Å². The highest BCUT2D eigenvalue weighted by Gasteiger charge is 2.55. The summed E-state index contributed by atoms with van der Waals surface area (Å²) in [5, 5.41) is 0. The number of cyclic esters (lactones) is 1. The smallest absolute Gasteiger partial charge is 0.310 e. The molecule has 0 aromatic heterocycles. The van der Waals surface area contributed by atoms with Crippen molar-refractivity contribution in [2.45, 2.75) is 24.7 Å². The van der Waals surface area contributed by atoms with E-state index >= 15 is 0 Å². The first-order chi connectivity index (χ1) is 16.1. The second-order valence-corrected chi connectivity index (χ2v) is 8.56. The molecule has 0 saturated carbocycles. The van der Waals surface area contributed by atoms with Crippen LogP contribution < -0.4 is 9.47 Å². The minimum absolute atomic E-state index is 0.117. The number of fused-ring (bicyclic) bond motifs is 3. The quantitative estimate of drug-likeness (QED) is 0.631. The molecule has 0 N–H and O–H groups in total. The lowest BCUT2D eigenvalue weighted by atomic mass is 9.65. The van der Waals surface area contributed by atoms with Crippen LogP contribution in [0.2, 0.25) is 0 Å². The predicted molar refractivity (Wildman–Crippen MR) is 110 cm³/mol. The molecule has 5 aliphatic rings. The van der Waals surface area contributed by atoms with Gasteiger partial charge in [-0.2, -0.15) is 0 Å². The first-order valence-electron chi connectivity index (χ1n) is 11.1. The Kier molecular flexibility index (Phi) is 4.76. The summed E-state index contributed by atoms with van der Waals surface area (Å²) in [6.07, 6.45) is 3.01. The summed E-state index contributed by atoms with van der Waals surface area (Å²) in [6.45, 7) is 3.36. The Morgan fingerprint density at radius 2 is 1.79 bits per heavy atom. The molecule has 3 heterocycles. The number of hydrogen-bond acceptors (Lipinski definition) is 9. The van der Waals surface area contributed by atoms with E-state index in [1.807, 2.05) is 19.1 Å². The molecule has 0 radical (unpaired) electrons. The van der Waals surface area contributed by atoms with Crippen LogP contribution >= 0.6 is 0 Å². The topological polar surface area (TPSA) is 98.8 Å². The van der Waals surface area contributed by atoms with Crippen LogP contribution in [0.3, 0.4) is 0 Å². The van der Waals surface area contributed by atoms with E-state index in [2.05, 4.69) is 0 Å². The van der Waals surface area contributed by atoms with Crippen LogP contribution in [0.25, 0.3) is 0 Å². The number of benzene rings is 1. The van der Waals surface area contributed by atoms with Gasteiger partial charge in [-0.3, -0.25) is 9.59 Å². The lowest BCUT2D eigenvalue weighted by molar-refractivity contribution is -0.163. The molecule has 0 unspecified atom stereocenters. The molecular formula is C24H24O9. The van der Waals surface area contributed by atoms with E-state index < -0.39 is 23.4 Å². The predicted octanol–water partition coefficient (Wildman–Crippen LogP) is 2.16. The molecule has 1 aromatic rings. The van der Waals surface area contributed by atoms with Crippen molar-refractivity contribution < 1.29 is 42.7 Å². The Morgan fingerprint density at radius 3 is 2.48 bits per heavy atom. The summed E-state index contributed by atoms with van der Waals surface area (Å²) < 4.78 is 39.8. The number of Topliss-reactive ketones (excluding diaryl/α,β-unsaturated/α-hetero) is 1. The number of carbonyl (C=O) groups excluding carboxylic acids is 2. The average molecular weight is 456 g/mol. The van der Waals surface area contributed by atoms with Gasteiger partial charge in [-0.15, -0.1) is 0 Å². The van der Waals surface area contributed by atoms with Gasteiger partial charge in [-0.1, -0.05) is 0 Å². The van der Waals surface area contributed by atoms with Crippen LogP contribution in [-0.4, -0.2) is 57.9 Å². The van der Waals surface area contributed by atoms with Gasteiger partial charge < -0.3 is 33.2 Å². The average Bonchev–Trinajstić information content (AvgIpc) is 3.56. The van der Waals surface area contributed by atoms with E-state index in [4.69, 9.17) is 33.2 Å². The molecule has 2 fully saturated rings. The van der Waals surface area contributed by atoms with Crippen LogP contribution in [0.4, 0.5) is 0 Å². The molecule has 174 valence electrons. The molecular weight excluding hydrogens is 432 g/mol. The fourth-order valence-corrected chi connectivity index (χ4v) is 5.59. The first-order valence-corrected chi connectivity index (χ1v) is 11.1. The van der Waals surface area contributed by atoms with E-state index in [0.717, 1.165) is 11.1 Å². The SMILES string of the molecule is CCO[C@@H]1c2cc3c(cc2[C@@H](C2=CC4(OCCO4)C(=O)C(OC)=C2)[C@H]2C(=O)OC[C@@H]21)OCO3. The molecule has 6 rings (SSSR count). The fourth-order valence-electron chi connectivity index (χ4n) is 5.59. The Morgan fingerprint density at radius 1 is 1.06 bits per heavy atom. The van der Waals surface area contributed by atoms with Crippen molar-refractivity contribution in [3.8, 4) is 11.5 Å². The lowest BCUT2D eigenvalue weighted by Crippen LogP contribution is -2.43. The number of ketones is 1. The summed E-state index contributed by atoms with van der Waals surface area (Å²) in [7, 11) is 1.43. The maximum Gasteiger partial charge on any atom is 0.310 e. The minimum atomic E-state index is -1.55. The first kappa shape index (κ1) is 20.7. The van der Waals surface area contributed by atoms with Crippen molar-refractivity contribution in [1.82, 2.24) is 0 Å². The summed E-state index contributed by atoms with van der Waals surface area (Å²) in [4.78, 5) is 26.0. The molecule has 9 nitrogen and oxygen atoms in total. The van der Waals surface area contributed by atoms with Crippen LogP contribution in [0.15, 0.2) is 35.6 Å². The maximum atomic E-state index is 13.0. The zero-order valence-corrected chi connectivity index (χ0v) is 18.3. The highest BCUT2D eigenvalue weighted by Crippen LogP contribution is 2.56. The highest BCUT2D eigenvalue weighted by atomic mass is 16.7. The largest absolute Gasteiger partial charge is 0.493 e. The Bertz CT molecular complexity index is 1080. The van der Waals surface area contributed by atoms with Gasteiger partial charge in [-0.25, -0.2) is 0 Å². The van der Waals surface area contributed by atoms with E-state index in [1.54, 1.807) is 12.2 Å². The third kappa shape index (κ3) is 2.96. The number of ether oxygens (including phenoxy) is 7. The second-order valence-electron chi connectivity index (χ2n) is 8.56. The van der Waals surface area contributed by atoms with Gasteiger partial charge in [0.2, 0.25) is 6.79 Å². The van der Waals surface area contributed by atoms with Crippen LogP contribution in [0.1, 0.15) is 30.1 Å². The number of rotatable bonds is 4. The molecule has 3 aliphatic heterocycles. The Labute approximate surface area is 190 Å². The summed E-state index contributed by atoms with van der Waals surface area (Å²) in [5.41, 5.74) is 2.47. The fraction of sp³-hybridized carbons (Fsp3) is 0.500. The van der Waals surface area contributed by atoms with E-state index in [9.17, 15) is 9.59 Å². The Balaban J connectivity index is 1.56. The van der Waals surface area contributed by atoms with Crippen molar-refractivity contribution in [3.63, 3.8) is 0 Å². The van der Waals surface area contributed by atoms with Gasteiger partial charge in [-0.05, 0) is 47.9 Å². The van der Waals surface area contributed by atoms with Gasteiger partial charge in [0.05, 0.1) is 39.0 Å². The van der Waals surface area contributed by atoms with Crippen molar-refractivity contribution in [2.75, 3.05) is 40.3 Å². The van der Waals surface area contributed by atoms with Gasteiger partial charge in [0.1, 0.15) is 0 Å². The summed E-state index contributed by atoms with van der Waals surface area (Å²) >= 11 is 0. The van der Waals surface area contributed by atoms with E-state index in [0.29, 0.717) is 23.7 Å². The number of esters is 1. The maximum absolute atomic E-state index is 13.0. The third-order valence-corrected chi connectivity index (χ3v) is 6.96. The molecule has 0 amide bonds. The number of carbonyl (C=O) groups is 2. The summed E-state index contributed by atoms with van der Waals surface area (Å²) in [6, 6.07) is 3.83.